The van der Waals surface area contributed by atoms with E-state index in [1.54, 1.807) is 12.1 Å². The number of halogens is 1. The van der Waals surface area contributed by atoms with Crippen molar-refractivity contribution in [2.24, 2.45) is 5.92 Å². The molecule has 2 fully saturated rings. The second-order valence-corrected chi connectivity index (χ2v) is 9.15. The monoisotopic (exact) mass is 407 g/mol. The fraction of sp³-hybridized carbons (Fsp3) is 0.480. The van der Waals surface area contributed by atoms with Crippen molar-refractivity contribution in [3.05, 3.63) is 75.5 Å². The first-order valence-corrected chi connectivity index (χ1v) is 11.2. The summed E-state index contributed by atoms with van der Waals surface area (Å²) >= 11 is 0. The van der Waals surface area contributed by atoms with Crippen LogP contribution in [0.5, 0.6) is 0 Å². The van der Waals surface area contributed by atoms with Crippen LogP contribution >= 0.6 is 0 Å². The van der Waals surface area contributed by atoms with Crippen LogP contribution in [0.25, 0.3) is 6.08 Å². The van der Waals surface area contributed by atoms with Crippen molar-refractivity contribution >= 4 is 6.08 Å². The third-order valence-corrected chi connectivity index (χ3v) is 6.90. The molecular formula is C25H30FN3O. The number of rotatable bonds is 5. The second-order valence-electron chi connectivity index (χ2n) is 9.15. The Balaban J connectivity index is 1.27. The summed E-state index contributed by atoms with van der Waals surface area (Å²) in [5.41, 5.74) is 3.43. The zero-order valence-electron chi connectivity index (χ0n) is 17.5. The van der Waals surface area contributed by atoms with Gasteiger partial charge < -0.3 is 4.57 Å². The topological polar surface area (TPSA) is 28.5 Å². The average Bonchev–Trinajstić information content (AvgIpc) is 3.25. The Bertz CT molecular complexity index is 975. The van der Waals surface area contributed by atoms with Crippen LogP contribution in [0.2, 0.25) is 0 Å². The molecule has 0 N–H and O–H groups in total. The molecule has 0 saturated carbocycles. The lowest BCUT2D eigenvalue weighted by Gasteiger charge is -2.42. The minimum Gasteiger partial charge on any atom is -0.312 e. The normalized spacial score (nSPS) is 24.4. The van der Waals surface area contributed by atoms with E-state index < -0.39 is 0 Å². The molecule has 2 atom stereocenters. The number of pyridine rings is 1. The number of fused-ring (bicyclic) bond motifs is 4. The molecule has 158 valence electrons. The predicted molar refractivity (Wildman–Crippen MR) is 118 cm³/mol. The zero-order valence-corrected chi connectivity index (χ0v) is 17.5. The van der Waals surface area contributed by atoms with Crippen LogP contribution in [-0.4, -0.2) is 47.1 Å². The summed E-state index contributed by atoms with van der Waals surface area (Å²) in [6.07, 6.45) is 7.92. The molecule has 0 spiro atoms. The quantitative estimate of drug-likeness (QED) is 0.756. The minimum atomic E-state index is -0.200. The summed E-state index contributed by atoms with van der Waals surface area (Å²) in [6.45, 7) is 6.80. The maximum absolute atomic E-state index is 13.2. The third kappa shape index (κ3) is 4.14. The van der Waals surface area contributed by atoms with Crippen molar-refractivity contribution in [1.29, 1.82) is 0 Å². The lowest BCUT2D eigenvalue weighted by Crippen LogP contribution is -2.47. The van der Waals surface area contributed by atoms with Gasteiger partial charge in [0.1, 0.15) is 5.82 Å². The molecule has 0 aliphatic carbocycles. The van der Waals surface area contributed by atoms with E-state index in [1.165, 1.54) is 37.1 Å². The molecule has 0 unspecified atom stereocenters. The predicted octanol–water partition coefficient (Wildman–Crippen LogP) is 3.72. The first-order chi connectivity index (χ1) is 14.7. The van der Waals surface area contributed by atoms with Gasteiger partial charge in [0, 0.05) is 49.9 Å². The Hall–Kier alpha value is -2.24. The van der Waals surface area contributed by atoms with E-state index in [0.717, 1.165) is 56.9 Å². The van der Waals surface area contributed by atoms with Gasteiger partial charge in [-0.2, -0.15) is 0 Å². The van der Waals surface area contributed by atoms with Crippen LogP contribution in [-0.2, 0) is 13.1 Å². The Morgan fingerprint density at radius 3 is 2.57 bits per heavy atom. The van der Waals surface area contributed by atoms with Gasteiger partial charge >= 0.3 is 0 Å². The van der Waals surface area contributed by atoms with Crippen molar-refractivity contribution < 1.29 is 4.39 Å². The van der Waals surface area contributed by atoms with Gasteiger partial charge in [0.15, 0.2) is 0 Å². The number of piperidine rings is 1. The van der Waals surface area contributed by atoms with Gasteiger partial charge in [0.05, 0.1) is 0 Å². The van der Waals surface area contributed by atoms with E-state index in [0.29, 0.717) is 11.8 Å². The van der Waals surface area contributed by atoms with Crippen molar-refractivity contribution in [3.8, 4) is 0 Å². The molecule has 3 aliphatic heterocycles. The number of aromatic nitrogens is 1. The lowest BCUT2D eigenvalue weighted by atomic mass is 9.83. The average molecular weight is 408 g/mol. The standard InChI is InChI=1S/C25H30FN3O/c26-23-8-5-19(6-9-23)4-3-13-28-15-20-14-22(18-28)24-10-7-21(25(30)29(24)16-20)17-27-11-1-2-12-27/h3-10,20,22H,1-2,11-18H2/b4-3+/t20-,22+/m0/s1. The number of hydrogen-bond acceptors (Lipinski definition) is 3. The molecule has 30 heavy (non-hydrogen) atoms. The molecule has 0 amide bonds. The SMILES string of the molecule is O=c1c(CN2CCCC2)ccc2n1C[C@H]1C[C@@H]2CN(C/C=C/c2ccc(F)cc2)C1. The Labute approximate surface area is 177 Å². The van der Waals surface area contributed by atoms with E-state index in [2.05, 4.69) is 38.7 Å². The van der Waals surface area contributed by atoms with Crippen LogP contribution in [0.3, 0.4) is 0 Å². The fourth-order valence-electron chi connectivity index (χ4n) is 5.45. The van der Waals surface area contributed by atoms with Crippen molar-refractivity contribution in [2.45, 2.75) is 38.3 Å². The largest absolute Gasteiger partial charge is 0.312 e. The van der Waals surface area contributed by atoms with E-state index in [9.17, 15) is 9.18 Å². The van der Waals surface area contributed by atoms with Crippen LogP contribution < -0.4 is 5.56 Å². The number of hydrogen-bond donors (Lipinski definition) is 0. The fourth-order valence-corrected chi connectivity index (χ4v) is 5.45. The Morgan fingerprint density at radius 1 is 0.967 bits per heavy atom. The van der Waals surface area contributed by atoms with Gasteiger partial charge in [-0.05, 0) is 62.0 Å². The van der Waals surface area contributed by atoms with Crippen LogP contribution in [0.15, 0.2) is 47.3 Å². The highest BCUT2D eigenvalue weighted by Gasteiger charge is 2.34. The summed E-state index contributed by atoms with van der Waals surface area (Å²) in [4.78, 5) is 18.0. The smallest absolute Gasteiger partial charge is 0.255 e. The van der Waals surface area contributed by atoms with Gasteiger partial charge in [-0.3, -0.25) is 14.6 Å². The van der Waals surface area contributed by atoms with Gasteiger partial charge in [-0.25, -0.2) is 4.39 Å². The van der Waals surface area contributed by atoms with Gasteiger partial charge in [-0.15, -0.1) is 0 Å². The second kappa shape index (κ2) is 8.48. The zero-order chi connectivity index (χ0) is 20.5. The third-order valence-electron chi connectivity index (χ3n) is 6.90. The number of benzene rings is 1. The maximum atomic E-state index is 13.2. The molecule has 5 heteroatoms. The summed E-state index contributed by atoms with van der Waals surface area (Å²) in [5, 5.41) is 0. The highest BCUT2D eigenvalue weighted by atomic mass is 19.1. The highest BCUT2D eigenvalue weighted by molar-refractivity contribution is 5.49. The molecule has 1 aromatic heterocycles. The molecule has 4 nitrogen and oxygen atoms in total. The molecule has 0 radical (unpaired) electrons. The van der Waals surface area contributed by atoms with Crippen molar-refractivity contribution in [1.82, 2.24) is 14.4 Å². The van der Waals surface area contributed by atoms with Crippen molar-refractivity contribution in [3.63, 3.8) is 0 Å². The molecular weight excluding hydrogens is 377 g/mol. The van der Waals surface area contributed by atoms with Gasteiger partial charge in [0.25, 0.3) is 5.56 Å². The Kier molecular flexibility index (Phi) is 5.57. The minimum absolute atomic E-state index is 0.200. The summed E-state index contributed by atoms with van der Waals surface area (Å²) in [6, 6.07) is 10.9. The van der Waals surface area contributed by atoms with Crippen LogP contribution in [0, 0.1) is 11.7 Å². The van der Waals surface area contributed by atoms with Crippen LogP contribution in [0.1, 0.15) is 42.0 Å². The molecule has 5 rings (SSSR count). The summed E-state index contributed by atoms with van der Waals surface area (Å²) in [5.74, 6) is 0.772. The van der Waals surface area contributed by atoms with Crippen molar-refractivity contribution in [2.75, 3.05) is 32.7 Å². The summed E-state index contributed by atoms with van der Waals surface area (Å²) in [7, 11) is 0. The molecule has 1 aromatic carbocycles. The number of likely N-dealkylation sites (tertiary alicyclic amines) is 2. The van der Waals surface area contributed by atoms with E-state index in [4.69, 9.17) is 0 Å². The molecule has 2 aromatic rings. The maximum Gasteiger partial charge on any atom is 0.255 e. The van der Waals surface area contributed by atoms with Gasteiger partial charge in [-0.1, -0.05) is 30.4 Å². The highest BCUT2D eigenvalue weighted by Crippen LogP contribution is 2.35. The van der Waals surface area contributed by atoms with Gasteiger partial charge in [0.2, 0.25) is 0 Å². The molecule has 2 saturated heterocycles. The molecule has 4 heterocycles. The van der Waals surface area contributed by atoms with E-state index in [1.807, 2.05) is 0 Å². The molecule has 2 bridgehead atoms. The number of nitrogens with zero attached hydrogens (tertiary/aromatic N) is 3. The lowest BCUT2D eigenvalue weighted by molar-refractivity contribution is 0.131. The molecule has 3 aliphatic rings. The first kappa shape index (κ1) is 19.7. The van der Waals surface area contributed by atoms with E-state index >= 15 is 0 Å². The Morgan fingerprint density at radius 2 is 1.77 bits per heavy atom. The van der Waals surface area contributed by atoms with Crippen LogP contribution in [0.4, 0.5) is 4.39 Å². The first-order valence-electron chi connectivity index (χ1n) is 11.2. The summed E-state index contributed by atoms with van der Waals surface area (Å²) < 4.78 is 15.1. The van der Waals surface area contributed by atoms with E-state index in [-0.39, 0.29) is 11.4 Å².